The van der Waals surface area contributed by atoms with Gasteiger partial charge < -0.3 is 9.47 Å². The summed E-state index contributed by atoms with van der Waals surface area (Å²) in [4.78, 5) is 47.6. The van der Waals surface area contributed by atoms with E-state index in [-0.39, 0.29) is 23.8 Å². The van der Waals surface area contributed by atoms with Crippen LogP contribution in [0.2, 0.25) is 0 Å². The van der Waals surface area contributed by atoms with E-state index in [0.29, 0.717) is 11.3 Å². The highest BCUT2D eigenvalue weighted by Crippen LogP contribution is 2.34. The summed E-state index contributed by atoms with van der Waals surface area (Å²) in [6.45, 7) is 1.52. The number of hydrogen-bond donors (Lipinski definition) is 0. The van der Waals surface area contributed by atoms with Crippen molar-refractivity contribution in [3.63, 3.8) is 0 Å². The van der Waals surface area contributed by atoms with E-state index in [1.807, 2.05) is 0 Å². The lowest BCUT2D eigenvalue weighted by molar-refractivity contribution is -0.384. The van der Waals surface area contributed by atoms with Gasteiger partial charge in [-0.15, -0.1) is 0 Å². The summed E-state index contributed by atoms with van der Waals surface area (Å²) in [5.41, 5.74) is 1.30. The summed E-state index contributed by atoms with van der Waals surface area (Å²) in [6.07, 6.45) is 1.53. The first-order valence-corrected chi connectivity index (χ1v) is 10.1. The monoisotopic (exact) mass is 442 g/mol. The number of imide groups is 1. The van der Waals surface area contributed by atoms with E-state index in [1.165, 1.54) is 18.2 Å². The van der Waals surface area contributed by atoms with Gasteiger partial charge in [0.05, 0.1) is 16.4 Å². The van der Waals surface area contributed by atoms with Crippen LogP contribution in [0.1, 0.15) is 18.1 Å². The lowest BCUT2D eigenvalue weighted by Gasteiger charge is -2.11. The van der Waals surface area contributed by atoms with Crippen LogP contribution < -0.4 is 4.74 Å². The van der Waals surface area contributed by atoms with Gasteiger partial charge in [0.1, 0.15) is 18.9 Å². The Hall–Kier alpha value is -3.66. The molecule has 0 aliphatic carbocycles. The van der Waals surface area contributed by atoms with Gasteiger partial charge in [0.2, 0.25) is 0 Å². The zero-order valence-corrected chi connectivity index (χ0v) is 17.3. The number of nitro benzene ring substituents is 1. The fraction of sp³-hybridized carbons (Fsp3) is 0.190. The van der Waals surface area contributed by atoms with E-state index < -0.39 is 28.6 Å². The Balaban J connectivity index is 1.73. The van der Waals surface area contributed by atoms with E-state index in [0.717, 1.165) is 22.2 Å². The van der Waals surface area contributed by atoms with Crippen LogP contribution >= 0.6 is 11.8 Å². The molecule has 2 aromatic rings. The van der Waals surface area contributed by atoms with Crippen LogP contribution in [0.15, 0.2) is 53.4 Å². The van der Waals surface area contributed by atoms with Gasteiger partial charge in [-0.3, -0.25) is 29.4 Å². The average Bonchev–Trinajstić information content (AvgIpc) is 3.01. The number of nitrogens with zero attached hydrogens (tertiary/aromatic N) is 2. The zero-order valence-electron chi connectivity index (χ0n) is 16.5. The Morgan fingerprint density at radius 3 is 2.55 bits per heavy atom. The molecule has 0 unspecified atom stereocenters. The molecule has 0 atom stereocenters. The number of carbonyl (C=O) groups excluding carboxylic acids is 3. The number of nitro groups is 1. The molecule has 2 aromatic carbocycles. The highest BCUT2D eigenvalue weighted by Gasteiger charge is 2.36. The molecule has 3 rings (SSSR count). The maximum atomic E-state index is 12.5. The smallest absolute Gasteiger partial charge is 0.326 e. The molecule has 0 spiro atoms. The molecule has 10 heteroatoms. The second kappa shape index (κ2) is 9.90. The summed E-state index contributed by atoms with van der Waals surface area (Å²) >= 11 is 0.736. The predicted molar refractivity (Wildman–Crippen MR) is 113 cm³/mol. The van der Waals surface area contributed by atoms with Crippen LogP contribution in [-0.4, -0.2) is 40.1 Å². The molecule has 0 bridgehead atoms. The third-order valence-corrected chi connectivity index (χ3v) is 5.12. The van der Waals surface area contributed by atoms with Crippen molar-refractivity contribution in [3.8, 4) is 5.75 Å². The van der Waals surface area contributed by atoms with E-state index in [1.54, 1.807) is 43.3 Å². The van der Waals surface area contributed by atoms with E-state index >= 15 is 0 Å². The second-order valence-corrected chi connectivity index (χ2v) is 7.32. The normalized spacial score (nSPS) is 14.7. The predicted octanol–water partition coefficient (Wildman–Crippen LogP) is 3.77. The van der Waals surface area contributed by atoms with Crippen LogP contribution in [0.5, 0.6) is 5.75 Å². The first-order valence-electron chi connectivity index (χ1n) is 9.25. The first kappa shape index (κ1) is 22.0. The number of thioether (sulfide) groups is 1. The summed E-state index contributed by atoms with van der Waals surface area (Å²) < 4.78 is 10.6. The van der Waals surface area contributed by atoms with Crippen molar-refractivity contribution in [2.24, 2.45) is 0 Å². The van der Waals surface area contributed by atoms with Gasteiger partial charge in [0.15, 0.2) is 0 Å². The van der Waals surface area contributed by atoms with Crippen LogP contribution in [0.4, 0.5) is 10.5 Å². The topological polar surface area (TPSA) is 116 Å². The van der Waals surface area contributed by atoms with Gasteiger partial charge in [-0.2, -0.15) is 0 Å². The highest BCUT2D eigenvalue weighted by atomic mass is 32.2. The highest BCUT2D eigenvalue weighted by molar-refractivity contribution is 8.18. The molecular formula is C21H18N2O7S. The Kier molecular flexibility index (Phi) is 7.03. The SMILES string of the molecule is CCOC(=O)CN1C(=O)S/C(=C/c2ccccc2OCc2ccc([N+](=O)[O-])cc2)C1=O. The lowest BCUT2D eigenvalue weighted by Crippen LogP contribution is -2.34. The average molecular weight is 442 g/mol. The molecule has 9 nitrogen and oxygen atoms in total. The number of para-hydroxylation sites is 1. The fourth-order valence-electron chi connectivity index (χ4n) is 2.72. The van der Waals surface area contributed by atoms with Gasteiger partial charge in [-0.25, -0.2) is 0 Å². The minimum absolute atomic E-state index is 0.0114. The molecule has 31 heavy (non-hydrogen) atoms. The van der Waals surface area contributed by atoms with Crippen LogP contribution in [0.25, 0.3) is 6.08 Å². The molecule has 1 saturated heterocycles. The van der Waals surface area contributed by atoms with Gasteiger partial charge in [0.25, 0.3) is 16.8 Å². The van der Waals surface area contributed by atoms with Gasteiger partial charge >= 0.3 is 5.97 Å². The van der Waals surface area contributed by atoms with Crippen LogP contribution in [0.3, 0.4) is 0 Å². The summed E-state index contributed by atoms with van der Waals surface area (Å²) in [5, 5.41) is 10.2. The van der Waals surface area contributed by atoms with E-state index in [2.05, 4.69) is 0 Å². The van der Waals surface area contributed by atoms with Crippen molar-refractivity contribution >= 4 is 40.6 Å². The number of hydrogen-bond acceptors (Lipinski definition) is 8. The van der Waals surface area contributed by atoms with Crippen LogP contribution in [-0.2, 0) is 20.9 Å². The summed E-state index contributed by atoms with van der Waals surface area (Å²) in [6, 6.07) is 12.9. The van der Waals surface area contributed by atoms with Crippen molar-refractivity contribution in [2.75, 3.05) is 13.2 Å². The van der Waals surface area contributed by atoms with Crippen molar-refractivity contribution < 1.29 is 28.8 Å². The van der Waals surface area contributed by atoms with Crippen molar-refractivity contribution in [2.45, 2.75) is 13.5 Å². The quantitative estimate of drug-likeness (QED) is 0.262. The van der Waals surface area contributed by atoms with Gasteiger partial charge in [-0.05, 0) is 48.5 Å². The molecule has 0 aromatic heterocycles. The van der Waals surface area contributed by atoms with Crippen LogP contribution in [0, 0.1) is 10.1 Å². The third-order valence-electron chi connectivity index (χ3n) is 4.21. The molecule has 1 aliphatic heterocycles. The zero-order chi connectivity index (χ0) is 22.4. The first-order chi connectivity index (χ1) is 14.9. The van der Waals surface area contributed by atoms with Gasteiger partial charge in [-0.1, -0.05) is 18.2 Å². The lowest BCUT2D eigenvalue weighted by atomic mass is 10.1. The largest absolute Gasteiger partial charge is 0.488 e. The molecule has 0 N–H and O–H groups in total. The number of amides is 2. The molecule has 2 amide bonds. The summed E-state index contributed by atoms with van der Waals surface area (Å²) in [5.74, 6) is -0.760. The number of carbonyl (C=O) groups is 3. The molecule has 1 aliphatic rings. The number of ether oxygens (including phenoxy) is 2. The Labute approximate surface area is 181 Å². The third kappa shape index (κ3) is 5.48. The standard InChI is InChI=1S/C21H18N2O7S/c1-2-29-19(24)12-22-20(25)18(31-21(22)26)11-15-5-3-4-6-17(15)30-13-14-7-9-16(10-8-14)23(27)28/h3-11H,2,12-13H2,1H3/b18-11+. The van der Waals surface area contributed by atoms with Gasteiger partial charge in [0, 0.05) is 17.7 Å². The molecule has 160 valence electrons. The minimum Gasteiger partial charge on any atom is -0.488 e. The molecule has 0 radical (unpaired) electrons. The maximum Gasteiger partial charge on any atom is 0.326 e. The molecule has 1 fully saturated rings. The Morgan fingerprint density at radius 2 is 1.87 bits per heavy atom. The van der Waals surface area contributed by atoms with E-state index in [4.69, 9.17) is 9.47 Å². The van der Waals surface area contributed by atoms with Crippen molar-refractivity contribution in [1.82, 2.24) is 4.90 Å². The number of benzene rings is 2. The fourth-order valence-corrected chi connectivity index (χ4v) is 3.55. The number of rotatable bonds is 8. The Bertz CT molecular complexity index is 1050. The molecule has 1 heterocycles. The Morgan fingerprint density at radius 1 is 1.16 bits per heavy atom. The van der Waals surface area contributed by atoms with Crippen molar-refractivity contribution in [3.05, 3.63) is 74.7 Å². The maximum absolute atomic E-state index is 12.5. The van der Waals surface area contributed by atoms with E-state index in [9.17, 15) is 24.5 Å². The second-order valence-electron chi connectivity index (χ2n) is 6.32. The molecule has 0 saturated carbocycles. The van der Waals surface area contributed by atoms with Crippen molar-refractivity contribution in [1.29, 1.82) is 0 Å². The molecular weight excluding hydrogens is 424 g/mol. The summed E-state index contributed by atoms with van der Waals surface area (Å²) in [7, 11) is 0. The number of non-ortho nitro benzene ring substituents is 1. The minimum atomic E-state index is -0.655. The number of esters is 1.